The number of nitrogens with one attached hydrogen (secondary N) is 2. The molecule has 8 heteroatoms. The molecule has 0 fully saturated rings. The number of thiazole rings is 1. The summed E-state index contributed by atoms with van der Waals surface area (Å²) >= 11 is 1.54. The third kappa shape index (κ3) is 2.74. The third-order valence-corrected chi connectivity index (χ3v) is 4.95. The van der Waals surface area contributed by atoms with E-state index in [2.05, 4.69) is 20.6 Å². The Morgan fingerprint density at radius 1 is 1.16 bits per heavy atom. The predicted molar refractivity (Wildman–Crippen MR) is 102 cm³/mol. The number of nitrogens with zero attached hydrogens (tertiary/aromatic N) is 4. The van der Waals surface area contributed by atoms with Crippen LogP contribution in [0.2, 0.25) is 0 Å². The number of pyridine rings is 1. The van der Waals surface area contributed by atoms with E-state index in [4.69, 9.17) is 9.72 Å². The first-order valence-electron chi connectivity index (χ1n) is 7.85. The van der Waals surface area contributed by atoms with E-state index in [0.717, 1.165) is 43.6 Å². The van der Waals surface area contributed by atoms with Crippen molar-refractivity contribution in [2.45, 2.75) is 6.54 Å². The molecule has 4 rings (SSSR count). The number of hydrogen-bond acceptors (Lipinski definition) is 7. The predicted octanol–water partition coefficient (Wildman–Crippen LogP) is 3.24. The molecule has 0 aliphatic carbocycles. The van der Waals surface area contributed by atoms with E-state index in [1.54, 1.807) is 24.8 Å². The summed E-state index contributed by atoms with van der Waals surface area (Å²) in [4.78, 5) is 14.7. The number of hydrogen-bond donors (Lipinski definition) is 2. The van der Waals surface area contributed by atoms with Crippen molar-refractivity contribution in [1.82, 2.24) is 19.5 Å². The molecule has 0 amide bonds. The van der Waals surface area contributed by atoms with Crippen LogP contribution < -0.4 is 15.4 Å². The molecule has 0 aliphatic heterocycles. The van der Waals surface area contributed by atoms with Crippen LogP contribution >= 0.6 is 11.3 Å². The molecule has 4 aromatic rings. The maximum atomic E-state index is 5.18. The number of fused-ring (bicyclic) bond motifs is 3. The lowest BCUT2D eigenvalue weighted by atomic mass is 10.2. The van der Waals surface area contributed by atoms with Crippen LogP contribution in [0.25, 0.3) is 21.4 Å². The number of ether oxygens (including phenoxy) is 1. The summed E-state index contributed by atoms with van der Waals surface area (Å²) in [6.07, 6.45) is 1.79. The second kappa shape index (κ2) is 6.21. The van der Waals surface area contributed by atoms with Crippen molar-refractivity contribution in [3.8, 4) is 5.75 Å². The van der Waals surface area contributed by atoms with Gasteiger partial charge in [-0.25, -0.2) is 15.0 Å². The lowest BCUT2D eigenvalue weighted by Gasteiger charge is -2.04. The van der Waals surface area contributed by atoms with E-state index >= 15 is 0 Å². The zero-order valence-electron chi connectivity index (χ0n) is 14.2. The first-order valence-corrected chi connectivity index (χ1v) is 8.67. The zero-order valence-corrected chi connectivity index (χ0v) is 15.0. The molecule has 0 spiro atoms. The van der Waals surface area contributed by atoms with Crippen molar-refractivity contribution in [2.24, 2.45) is 7.05 Å². The number of aromatic nitrogens is 4. The molecule has 0 radical (unpaired) electrons. The van der Waals surface area contributed by atoms with Gasteiger partial charge >= 0.3 is 0 Å². The molecule has 3 heterocycles. The van der Waals surface area contributed by atoms with Gasteiger partial charge in [0.1, 0.15) is 27.1 Å². The Bertz CT molecular complexity index is 1040. The van der Waals surface area contributed by atoms with Gasteiger partial charge in [-0.1, -0.05) is 23.5 Å². The fraction of sp³-hybridized carbons (Fsp3) is 0.235. The van der Waals surface area contributed by atoms with E-state index in [0.29, 0.717) is 6.54 Å². The van der Waals surface area contributed by atoms with Gasteiger partial charge in [-0.2, -0.15) is 0 Å². The average Bonchev–Trinajstić information content (AvgIpc) is 3.22. The van der Waals surface area contributed by atoms with Crippen LogP contribution in [0.15, 0.2) is 30.6 Å². The highest BCUT2D eigenvalue weighted by atomic mass is 32.1. The van der Waals surface area contributed by atoms with Crippen molar-refractivity contribution >= 4 is 43.7 Å². The van der Waals surface area contributed by atoms with E-state index < -0.39 is 0 Å². The average molecular weight is 354 g/mol. The molecule has 0 saturated carbocycles. The van der Waals surface area contributed by atoms with Crippen LogP contribution in [-0.4, -0.2) is 33.7 Å². The summed E-state index contributed by atoms with van der Waals surface area (Å²) in [7, 11) is 5.49. The summed E-state index contributed by atoms with van der Waals surface area (Å²) in [5.41, 5.74) is 3.86. The van der Waals surface area contributed by atoms with Gasteiger partial charge in [0.2, 0.25) is 0 Å². The number of aryl methyl sites for hydroxylation is 1. The second-order valence-corrected chi connectivity index (χ2v) is 6.62. The number of methoxy groups -OCH3 is 1. The van der Waals surface area contributed by atoms with Gasteiger partial charge in [-0.3, -0.25) is 0 Å². The fourth-order valence-corrected chi connectivity index (χ4v) is 3.59. The lowest BCUT2D eigenvalue weighted by molar-refractivity contribution is 0.414. The molecule has 128 valence electrons. The number of imidazole rings is 1. The first-order chi connectivity index (χ1) is 12.2. The monoisotopic (exact) mass is 354 g/mol. The Kier molecular flexibility index (Phi) is 3.89. The molecule has 0 bridgehead atoms. The van der Waals surface area contributed by atoms with Gasteiger partial charge in [0.25, 0.3) is 0 Å². The largest absolute Gasteiger partial charge is 0.497 e. The summed E-state index contributed by atoms with van der Waals surface area (Å²) in [5, 5.41) is 7.33. The smallest absolute Gasteiger partial charge is 0.185 e. The van der Waals surface area contributed by atoms with Gasteiger partial charge in [0.05, 0.1) is 13.4 Å². The molecule has 0 saturated heterocycles. The molecule has 7 nitrogen and oxygen atoms in total. The van der Waals surface area contributed by atoms with E-state index in [-0.39, 0.29) is 0 Å². The van der Waals surface area contributed by atoms with E-state index in [1.807, 2.05) is 42.9 Å². The Balaban J connectivity index is 1.66. The maximum Gasteiger partial charge on any atom is 0.185 e. The Morgan fingerprint density at radius 3 is 2.68 bits per heavy atom. The van der Waals surface area contributed by atoms with E-state index in [1.165, 1.54) is 0 Å². The van der Waals surface area contributed by atoms with Crippen molar-refractivity contribution in [3.05, 3.63) is 36.2 Å². The maximum absolute atomic E-state index is 5.18. The zero-order chi connectivity index (χ0) is 17.4. The highest BCUT2D eigenvalue weighted by Gasteiger charge is 2.16. The first kappa shape index (κ1) is 15.6. The van der Waals surface area contributed by atoms with Crippen molar-refractivity contribution in [3.63, 3.8) is 0 Å². The minimum atomic E-state index is 0.692. The van der Waals surface area contributed by atoms with Gasteiger partial charge in [0, 0.05) is 20.6 Å². The Labute approximate surface area is 148 Å². The van der Waals surface area contributed by atoms with Crippen LogP contribution in [-0.2, 0) is 13.6 Å². The molecule has 0 unspecified atom stereocenters. The molecular weight excluding hydrogens is 336 g/mol. The second-order valence-electron chi connectivity index (χ2n) is 5.64. The fourth-order valence-electron chi connectivity index (χ4n) is 2.75. The summed E-state index contributed by atoms with van der Waals surface area (Å²) in [6, 6.07) is 7.98. The Hall–Kier alpha value is -2.87. The summed E-state index contributed by atoms with van der Waals surface area (Å²) < 4.78 is 7.16. The highest BCUT2D eigenvalue weighted by Crippen LogP contribution is 2.33. The highest BCUT2D eigenvalue weighted by molar-refractivity contribution is 7.21. The molecule has 3 aromatic heterocycles. The summed E-state index contributed by atoms with van der Waals surface area (Å²) in [6.45, 7) is 0.692. The number of anilines is 2. The quantitative estimate of drug-likeness (QED) is 0.573. The minimum Gasteiger partial charge on any atom is -0.497 e. The SMILES string of the molecule is CNc1nc2sc(NCc3ccc(OC)cc3)nc2c2c1ncn2C. The lowest BCUT2D eigenvalue weighted by Crippen LogP contribution is -1.98. The van der Waals surface area contributed by atoms with Crippen molar-refractivity contribution in [2.75, 3.05) is 24.8 Å². The topological polar surface area (TPSA) is 76.9 Å². The third-order valence-electron chi connectivity index (χ3n) is 4.05. The summed E-state index contributed by atoms with van der Waals surface area (Å²) in [5.74, 6) is 1.62. The van der Waals surface area contributed by atoms with Gasteiger partial charge in [-0.05, 0) is 17.7 Å². The van der Waals surface area contributed by atoms with Gasteiger partial charge in [0.15, 0.2) is 10.9 Å². The molecule has 0 aliphatic rings. The van der Waals surface area contributed by atoms with Crippen LogP contribution in [0.4, 0.5) is 10.9 Å². The molecule has 2 N–H and O–H groups in total. The van der Waals surface area contributed by atoms with Crippen molar-refractivity contribution in [1.29, 1.82) is 0 Å². The Morgan fingerprint density at radius 2 is 1.96 bits per heavy atom. The van der Waals surface area contributed by atoms with E-state index in [9.17, 15) is 0 Å². The normalized spacial score (nSPS) is 11.2. The number of benzene rings is 1. The molecule has 0 atom stereocenters. The molecular formula is C17H18N6OS. The molecule has 1 aromatic carbocycles. The standard InChI is InChI=1S/C17H18N6OS/c1-18-15-12-14(23(2)9-20-12)13-16(22-15)25-17(21-13)19-8-10-4-6-11(24-3)7-5-10/h4-7,9H,8H2,1-3H3,(H,18,22)(H,19,21). The molecule has 25 heavy (non-hydrogen) atoms. The minimum absolute atomic E-state index is 0.692. The van der Waals surface area contributed by atoms with Crippen LogP contribution in [0, 0.1) is 0 Å². The van der Waals surface area contributed by atoms with Crippen LogP contribution in [0.5, 0.6) is 5.75 Å². The number of rotatable bonds is 5. The van der Waals surface area contributed by atoms with Crippen LogP contribution in [0.1, 0.15) is 5.56 Å². The van der Waals surface area contributed by atoms with Gasteiger partial charge < -0.3 is 19.9 Å². The van der Waals surface area contributed by atoms with Crippen LogP contribution in [0.3, 0.4) is 0 Å². The van der Waals surface area contributed by atoms with Gasteiger partial charge in [-0.15, -0.1) is 0 Å². The van der Waals surface area contributed by atoms with Crippen molar-refractivity contribution < 1.29 is 4.74 Å².